The van der Waals surface area contributed by atoms with E-state index in [2.05, 4.69) is 6.92 Å². The Morgan fingerprint density at radius 3 is 2.50 bits per heavy atom. The molecule has 1 aliphatic carbocycles. The summed E-state index contributed by atoms with van der Waals surface area (Å²) >= 11 is 0. The summed E-state index contributed by atoms with van der Waals surface area (Å²) in [7, 11) is 0. The Labute approximate surface area is 223 Å². The van der Waals surface area contributed by atoms with Crippen molar-refractivity contribution in [3.05, 3.63) is 53.1 Å². The summed E-state index contributed by atoms with van der Waals surface area (Å²) < 4.78 is 19.1. The van der Waals surface area contributed by atoms with Gasteiger partial charge in [0, 0.05) is 38.4 Å². The number of esters is 2. The van der Waals surface area contributed by atoms with E-state index in [-0.39, 0.29) is 17.7 Å². The summed E-state index contributed by atoms with van der Waals surface area (Å²) in [6.45, 7) is 6.15. The first-order chi connectivity index (χ1) is 18.2. The Bertz CT molecular complexity index is 1150. The number of piperidine rings is 1. The standard InChI is InChI=1S/C30H37NO7/c1-19-9-11-23-27(19)28(37-25(34)12-10-21-7-5-4-6-8-21)30(22-13-15-31(16-14-22)20(2)33)17-24(29(23,3)38-30)36-26(35)18-32/h4-8,10,12,22-24,28,32H,9,11,13-18H2,1-3H3/b12-10+/t23-,24-,28+,29+,30-/m1/s1. The number of likely N-dealkylation sites (tertiary alicyclic amines) is 1. The Kier molecular flexibility index (Phi) is 7.22. The molecule has 38 heavy (non-hydrogen) atoms. The Hall–Kier alpha value is -2.97. The number of amides is 1. The van der Waals surface area contributed by atoms with Gasteiger partial charge in [-0.05, 0) is 62.7 Å². The zero-order chi connectivity index (χ0) is 27.1. The van der Waals surface area contributed by atoms with Crippen LogP contribution >= 0.6 is 0 Å². The first kappa shape index (κ1) is 26.6. The lowest BCUT2D eigenvalue weighted by Crippen LogP contribution is -2.61. The molecule has 1 aromatic carbocycles. The second-order valence-corrected chi connectivity index (χ2v) is 11.2. The molecule has 5 rings (SSSR count). The molecule has 1 aromatic rings. The first-order valence-electron chi connectivity index (χ1n) is 13.6. The van der Waals surface area contributed by atoms with Crippen LogP contribution in [0.3, 0.4) is 0 Å². The number of carbonyl (C=O) groups excluding carboxylic acids is 3. The van der Waals surface area contributed by atoms with E-state index in [1.807, 2.05) is 42.2 Å². The number of rotatable bonds is 6. The molecule has 3 saturated heterocycles. The number of hydrogen-bond acceptors (Lipinski definition) is 7. The van der Waals surface area contributed by atoms with Crippen LogP contribution in [0.4, 0.5) is 0 Å². The molecule has 8 nitrogen and oxygen atoms in total. The summed E-state index contributed by atoms with van der Waals surface area (Å²) in [5.74, 6) is -1.17. The summed E-state index contributed by atoms with van der Waals surface area (Å²) in [5.41, 5.74) is 1.48. The maximum Gasteiger partial charge on any atom is 0.332 e. The molecule has 3 aliphatic heterocycles. The van der Waals surface area contributed by atoms with Crippen molar-refractivity contribution in [2.75, 3.05) is 19.7 Å². The van der Waals surface area contributed by atoms with Gasteiger partial charge in [0.15, 0.2) is 6.10 Å². The van der Waals surface area contributed by atoms with Gasteiger partial charge in [0.1, 0.15) is 23.9 Å². The van der Waals surface area contributed by atoms with Gasteiger partial charge in [0.2, 0.25) is 5.91 Å². The molecular formula is C30H37NO7. The second kappa shape index (κ2) is 10.3. The van der Waals surface area contributed by atoms with Crippen molar-refractivity contribution in [2.24, 2.45) is 11.8 Å². The van der Waals surface area contributed by atoms with E-state index in [9.17, 15) is 19.5 Å². The van der Waals surface area contributed by atoms with E-state index in [0.717, 1.165) is 24.0 Å². The normalized spacial score (nSPS) is 32.9. The molecule has 2 bridgehead atoms. The number of hydrogen-bond donors (Lipinski definition) is 1. The molecule has 0 radical (unpaired) electrons. The van der Waals surface area contributed by atoms with E-state index in [1.165, 1.54) is 11.6 Å². The molecule has 0 unspecified atom stereocenters. The third-order valence-electron chi connectivity index (χ3n) is 9.13. The monoisotopic (exact) mass is 523 g/mol. The Morgan fingerprint density at radius 1 is 1.13 bits per heavy atom. The summed E-state index contributed by atoms with van der Waals surface area (Å²) in [4.78, 5) is 39.4. The zero-order valence-electron chi connectivity index (χ0n) is 22.4. The summed E-state index contributed by atoms with van der Waals surface area (Å²) in [6, 6.07) is 9.57. The zero-order valence-corrected chi connectivity index (χ0v) is 22.4. The van der Waals surface area contributed by atoms with Crippen molar-refractivity contribution in [3.8, 4) is 0 Å². The first-order valence-corrected chi connectivity index (χ1v) is 13.6. The number of fused-ring (bicyclic) bond motifs is 4. The molecule has 4 aliphatic rings. The quantitative estimate of drug-likeness (QED) is 0.346. The fraction of sp³-hybridized carbons (Fsp3) is 0.567. The van der Waals surface area contributed by atoms with Crippen LogP contribution in [0.2, 0.25) is 0 Å². The topological polar surface area (TPSA) is 102 Å². The minimum atomic E-state index is -0.897. The van der Waals surface area contributed by atoms with E-state index >= 15 is 0 Å². The van der Waals surface area contributed by atoms with Crippen molar-refractivity contribution < 1.29 is 33.7 Å². The van der Waals surface area contributed by atoms with Crippen LogP contribution in [0.25, 0.3) is 6.08 Å². The fourth-order valence-corrected chi connectivity index (χ4v) is 7.24. The van der Waals surface area contributed by atoms with Crippen molar-refractivity contribution in [1.82, 2.24) is 4.90 Å². The van der Waals surface area contributed by atoms with Gasteiger partial charge in [-0.2, -0.15) is 0 Å². The van der Waals surface area contributed by atoms with Gasteiger partial charge in [-0.25, -0.2) is 9.59 Å². The van der Waals surface area contributed by atoms with E-state index in [4.69, 9.17) is 14.2 Å². The number of benzene rings is 1. The van der Waals surface area contributed by atoms with Crippen LogP contribution in [0.5, 0.6) is 0 Å². The van der Waals surface area contributed by atoms with Crippen LogP contribution < -0.4 is 0 Å². The highest BCUT2D eigenvalue weighted by molar-refractivity contribution is 5.87. The molecule has 1 amide bonds. The highest BCUT2D eigenvalue weighted by Crippen LogP contribution is 2.62. The molecule has 0 aromatic heterocycles. The van der Waals surface area contributed by atoms with Gasteiger partial charge < -0.3 is 24.2 Å². The maximum atomic E-state index is 13.2. The van der Waals surface area contributed by atoms with Gasteiger partial charge in [0.05, 0.1) is 0 Å². The lowest BCUT2D eigenvalue weighted by Gasteiger charge is -2.52. The number of allylic oxidation sites excluding steroid dienone is 1. The number of ether oxygens (including phenoxy) is 3. The third-order valence-corrected chi connectivity index (χ3v) is 9.13. The van der Waals surface area contributed by atoms with Crippen LogP contribution in [0, 0.1) is 11.8 Å². The molecule has 1 N–H and O–H groups in total. The third kappa shape index (κ3) is 4.58. The second-order valence-electron chi connectivity index (χ2n) is 11.2. The molecule has 0 spiro atoms. The van der Waals surface area contributed by atoms with Crippen LogP contribution in [0.15, 0.2) is 47.6 Å². The summed E-state index contributed by atoms with van der Waals surface area (Å²) in [5, 5.41) is 9.43. The van der Waals surface area contributed by atoms with E-state index < -0.39 is 42.0 Å². The smallest absolute Gasteiger partial charge is 0.332 e. The van der Waals surface area contributed by atoms with Crippen molar-refractivity contribution in [1.29, 1.82) is 0 Å². The predicted octanol–water partition coefficient (Wildman–Crippen LogP) is 3.43. The van der Waals surface area contributed by atoms with Crippen LogP contribution in [-0.4, -0.2) is 71.0 Å². The molecule has 204 valence electrons. The van der Waals surface area contributed by atoms with E-state index in [0.29, 0.717) is 32.4 Å². The van der Waals surface area contributed by atoms with Crippen molar-refractivity contribution in [2.45, 2.75) is 76.3 Å². The number of carbonyl (C=O) groups is 3. The molecule has 8 heteroatoms. The lowest BCUT2D eigenvalue weighted by molar-refractivity contribution is -0.230. The highest BCUT2D eigenvalue weighted by Gasteiger charge is 2.71. The maximum absolute atomic E-state index is 13.2. The molecule has 3 fully saturated rings. The van der Waals surface area contributed by atoms with Gasteiger partial charge in [-0.15, -0.1) is 0 Å². The molecular weight excluding hydrogens is 486 g/mol. The minimum Gasteiger partial charge on any atom is -0.457 e. The van der Waals surface area contributed by atoms with Crippen molar-refractivity contribution >= 4 is 23.9 Å². The van der Waals surface area contributed by atoms with Crippen molar-refractivity contribution in [3.63, 3.8) is 0 Å². The van der Waals surface area contributed by atoms with Gasteiger partial charge in [-0.1, -0.05) is 35.9 Å². The predicted molar refractivity (Wildman–Crippen MR) is 140 cm³/mol. The lowest BCUT2D eigenvalue weighted by atomic mass is 9.70. The fourth-order valence-electron chi connectivity index (χ4n) is 7.24. The Balaban J connectivity index is 1.51. The summed E-state index contributed by atoms with van der Waals surface area (Å²) in [6.07, 6.45) is 5.42. The van der Waals surface area contributed by atoms with Gasteiger partial charge in [-0.3, -0.25) is 4.79 Å². The number of aliphatic hydroxyl groups is 1. The average molecular weight is 524 g/mol. The Morgan fingerprint density at radius 2 is 1.84 bits per heavy atom. The molecule has 3 heterocycles. The highest BCUT2D eigenvalue weighted by atomic mass is 16.6. The molecule has 5 atom stereocenters. The van der Waals surface area contributed by atoms with Gasteiger partial charge >= 0.3 is 11.9 Å². The average Bonchev–Trinajstić information content (AvgIpc) is 3.43. The number of nitrogens with zero attached hydrogens (tertiary/aromatic N) is 1. The van der Waals surface area contributed by atoms with E-state index in [1.54, 1.807) is 13.0 Å². The van der Waals surface area contributed by atoms with Crippen LogP contribution in [0.1, 0.15) is 58.4 Å². The SMILES string of the molecule is CC(=O)N1CCC([C@@]23C[C@@H](OC(=O)CO)[C@@](C)(O2)[C@@H]2CCC(C)=C2[C@@H]3OC(=O)/C=C/c2ccccc2)CC1. The largest absolute Gasteiger partial charge is 0.457 e. The van der Waals surface area contributed by atoms with Gasteiger partial charge in [0.25, 0.3) is 0 Å². The minimum absolute atomic E-state index is 0.00648. The molecule has 0 saturated carbocycles. The van der Waals surface area contributed by atoms with Crippen LogP contribution in [-0.2, 0) is 28.6 Å². The number of aliphatic hydroxyl groups excluding tert-OH is 1.